The second-order valence-corrected chi connectivity index (χ2v) is 5.64. The number of halogens is 1. The summed E-state index contributed by atoms with van der Waals surface area (Å²) in [7, 11) is -3.82. The van der Waals surface area contributed by atoms with Crippen LogP contribution in [0, 0.1) is 17.7 Å². The van der Waals surface area contributed by atoms with Gasteiger partial charge in [0.15, 0.2) is 5.03 Å². The summed E-state index contributed by atoms with van der Waals surface area (Å²) in [6.45, 7) is -0.101. The van der Waals surface area contributed by atoms with Crippen LogP contribution < -0.4 is 4.72 Å². The second kappa shape index (κ2) is 6.39. The molecule has 1 aromatic heterocycles. The number of anilines is 1. The first-order chi connectivity index (χ1) is 10.0. The van der Waals surface area contributed by atoms with E-state index in [1.54, 1.807) is 0 Å². The minimum Gasteiger partial charge on any atom is -0.395 e. The molecule has 3 N–H and O–H groups in total. The molecule has 8 heteroatoms. The van der Waals surface area contributed by atoms with Crippen molar-refractivity contribution in [3.63, 3.8) is 0 Å². The minimum absolute atomic E-state index is 0.0785. The van der Waals surface area contributed by atoms with Gasteiger partial charge in [0, 0.05) is 6.42 Å². The number of nitrogens with one attached hydrogen (secondary N) is 2. The van der Waals surface area contributed by atoms with Gasteiger partial charge in [-0.3, -0.25) is 4.72 Å². The molecule has 0 aliphatic carbocycles. The predicted octanol–water partition coefficient (Wildman–Crippen LogP) is 1.08. The Kier molecular flexibility index (Phi) is 4.57. The number of imidazole rings is 1. The topological polar surface area (TPSA) is 95.1 Å². The lowest BCUT2D eigenvalue weighted by molar-refractivity contribution is 0.305. The molecule has 0 aliphatic heterocycles. The quantitative estimate of drug-likeness (QED) is 0.737. The number of aliphatic hydroxyl groups excluding tert-OH is 1. The van der Waals surface area contributed by atoms with Crippen molar-refractivity contribution in [3.05, 3.63) is 42.1 Å². The summed E-state index contributed by atoms with van der Waals surface area (Å²) >= 11 is 0. The number of aromatic amines is 1. The molecule has 0 atom stereocenters. The van der Waals surface area contributed by atoms with E-state index < -0.39 is 15.8 Å². The lowest BCUT2D eigenvalue weighted by Gasteiger charge is -2.06. The molecule has 0 amide bonds. The third-order valence-corrected chi connectivity index (χ3v) is 3.75. The maximum absolute atomic E-state index is 13.8. The molecular weight excluding hydrogens is 297 g/mol. The van der Waals surface area contributed by atoms with Crippen LogP contribution in [-0.2, 0) is 10.0 Å². The molecule has 0 saturated carbocycles. The van der Waals surface area contributed by atoms with Crippen LogP contribution >= 0.6 is 0 Å². The van der Waals surface area contributed by atoms with Crippen LogP contribution in [0.1, 0.15) is 12.0 Å². The molecule has 21 heavy (non-hydrogen) atoms. The summed E-state index contributed by atoms with van der Waals surface area (Å²) in [6, 6.07) is 3.81. The van der Waals surface area contributed by atoms with Gasteiger partial charge in [-0.25, -0.2) is 9.37 Å². The maximum Gasteiger partial charge on any atom is 0.278 e. The zero-order chi connectivity index (χ0) is 15.3. The Morgan fingerprint density at radius 2 is 2.24 bits per heavy atom. The van der Waals surface area contributed by atoms with Gasteiger partial charge in [-0.1, -0.05) is 11.8 Å². The summed E-state index contributed by atoms with van der Waals surface area (Å²) in [6.07, 6.45) is 2.62. The molecular formula is C13H12FN3O3S. The van der Waals surface area contributed by atoms with Gasteiger partial charge >= 0.3 is 0 Å². The highest BCUT2D eigenvalue weighted by atomic mass is 32.2. The molecule has 0 radical (unpaired) electrons. The van der Waals surface area contributed by atoms with Gasteiger partial charge in [0.1, 0.15) is 5.82 Å². The van der Waals surface area contributed by atoms with Crippen LogP contribution in [-0.4, -0.2) is 30.1 Å². The molecule has 110 valence electrons. The lowest BCUT2D eigenvalue weighted by Crippen LogP contribution is -2.13. The number of sulfonamides is 1. The normalized spacial score (nSPS) is 10.8. The Morgan fingerprint density at radius 3 is 2.86 bits per heavy atom. The Labute approximate surface area is 121 Å². The Hall–Kier alpha value is -2.37. The van der Waals surface area contributed by atoms with Crippen molar-refractivity contribution in [2.45, 2.75) is 11.4 Å². The SMILES string of the molecule is O=S(=O)(Nc1ccc(C#CCCO)c(F)c1)c1cnc[nH]1. The molecule has 0 saturated heterocycles. The monoisotopic (exact) mass is 309 g/mol. The molecule has 0 aliphatic rings. The van der Waals surface area contributed by atoms with Gasteiger partial charge < -0.3 is 10.1 Å². The van der Waals surface area contributed by atoms with Gasteiger partial charge in [-0.2, -0.15) is 8.42 Å². The summed E-state index contributed by atoms with van der Waals surface area (Å²) in [5, 5.41) is 8.48. The smallest absolute Gasteiger partial charge is 0.278 e. The van der Waals surface area contributed by atoms with Gasteiger partial charge in [-0.05, 0) is 18.2 Å². The zero-order valence-electron chi connectivity index (χ0n) is 10.8. The van der Waals surface area contributed by atoms with E-state index in [-0.39, 0.29) is 29.3 Å². The van der Waals surface area contributed by atoms with E-state index in [0.717, 1.165) is 12.3 Å². The van der Waals surface area contributed by atoms with E-state index in [1.165, 1.54) is 18.5 Å². The molecule has 0 unspecified atom stereocenters. The van der Waals surface area contributed by atoms with Crippen LogP contribution in [0.2, 0.25) is 0 Å². The zero-order valence-corrected chi connectivity index (χ0v) is 11.6. The number of hydrogen-bond donors (Lipinski definition) is 3. The first-order valence-electron chi connectivity index (χ1n) is 5.93. The molecule has 1 heterocycles. The van der Waals surface area contributed by atoms with E-state index in [0.29, 0.717) is 0 Å². The number of aromatic nitrogens is 2. The van der Waals surface area contributed by atoms with Crippen molar-refractivity contribution < 1.29 is 17.9 Å². The predicted molar refractivity (Wildman–Crippen MR) is 74.4 cm³/mol. The van der Waals surface area contributed by atoms with Crippen molar-refractivity contribution in [3.8, 4) is 11.8 Å². The van der Waals surface area contributed by atoms with Crippen molar-refractivity contribution >= 4 is 15.7 Å². The van der Waals surface area contributed by atoms with E-state index in [2.05, 4.69) is 26.5 Å². The second-order valence-electron chi connectivity index (χ2n) is 3.99. The fourth-order valence-electron chi connectivity index (χ4n) is 1.49. The highest BCUT2D eigenvalue weighted by molar-refractivity contribution is 7.92. The average Bonchev–Trinajstić information content (AvgIpc) is 2.96. The first kappa shape index (κ1) is 15.0. The Morgan fingerprint density at radius 1 is 1.43 bits per heavy atom. The molecule has 6 nitrogen and oxygen atoms in total. The van der Waals surface area contributed by atoms with E-state index in [9.17, 15) is 12.8 Å². The molecule has 0 fully saturated rings. The van der Waals surface area contributed by atoms with Crippen LogP contribution in [0.5, 0.6) is 0 Å². The fourth-order valence-corrected chi connectivity index (χ4v) is 2.45. The van der Waals surface area contributed by atoms with Gasteiger partial charge in [0.2, 0.25) is 0 Å². The number of H-pyrrole nitrogens is 1. The Bertz CT molecular complexity index is 777. The summed E-state index contributed by atoms with van der Waals surface area (Å²) in [5.74, 6) is 4.50. The highest BCUT2D eigenvalue weighted by Crippen LogP contribution is 2.17. The first-order valence-corrected chi connectivity index (χ1v) is 7.42. The molecule has 1 aromatic carbocycles. The average molecular weight is 309 g/mol. The maximum atomic E-state index is 13.8. The number of benzene rings is 1. The van der Waals surface area contributed by atoms with E-state index >= 15 is 0 Å². The third kappa shape index (κ3) is 3.81. The largest absolute Gasteiger partial charge is 0.395 e. The summed E-state index contributed by atoms with van der Waals surface area (Å²) in [5.41, 5.74) is 0.211. The van der Waals surface area contributed by atoms with Gasteiger partial charge in [-0.15, -0.1) is 0 Å². The minimum atomic E-state index is -3.82. The van der Waals surface area contributed by atoms with Crippen LogP contribution in [0.4, 0.5) is 10.1 Å². The molecule has 2 rings (SSSR count). The van der Waals surface area contributed by atoms with E-state index in [1.807, 2.05) is 0 Å². The van der Waals surface area contributed by atoms with Crippen molar-refractivity contribution in [2.75, 3.05) is 11.3 Å². The fraction of sp³-hybridized carbons (Fsp3) is 0.154. The Balaban J connectivity index is 2.20. The van der Waals surface area contributed by atoms with Crippen LogP contribution in [0.15, 0.2) is 35.7 Å². The van der Waals surface area contributed by atoms with Gasteiger partial charge in [0.05, 0.1) is 30.4 Å². The number of rotatable bonds is 4. The number of aliphatic hydroxyl groups is 1. The van der Waals surface area contributed by atoms with Crippen molar-refractivity contribution in [2.24, 2.45) is 0 Å². The van der Waals surface area contributed by atoms with E-state index in [4.69, 9.17) is 5.11 Å². The number of nitrogens with zero attached hydrogens (tertiary/aromatic N) is 1. The van der Waals surface area contributed by atoms with Crippen LogP contribution in [0.25, 0.3) is 0 Å². The molecule has 2 aromatic rings. The van der Waals surface area contributed by atoms with Crippen molar-refractivity contribution in [1.29, 1.82) is 0 Å². The molecule has 0 spiro atoms. The van der Waals surface area contributed by atoms with Crippen molar-refractivity contribution in [1.82, 2.24) is 9.97 Å². The third-order valence-electron chi connectivity index (χ3n) is 2.44. The van der Waals surface area contributed by atoms with Gasteiger partial charge in [0.25, 0.3) is 10.0 Å². The lowest BCUT2D eigenvalue weighted by atomic mass is 10.2. The standard InChI is InChI=1S/C13H12FN3O3S/c14-12-7-11(5-4-10(12)3-1-2-6-18)17-21(19,20)13-8-15-9-16-13/h4-5,7-9,17-18H,2,6H2,(H,15,16). The van der Waals surface area contributed by atoms with Crippen LogP contribution in [0.3, 0.4) is 0 Å². The molecule has 0 bridgehead atoms. The number of hydrogen-bond acceptors (Lipinski definition) is 4. The summed E-state index contributed by atoms with van der Waals surface area (Å²) < 4.78 is 39.8. The summed E-state index contributed by atoms with van der Waals surface area (Å²) in [4.78, 5) is 6.07. The highest BCUT2D eigenvalue weighted by Gasteiger charge is 2.16.